The molecule has 0 spiro atoms. The van der Waals surface area contributed by atoms with E-state index in [4.69, 9.17) is 6.42 Å². The lowest BCUT2D eigenvalue weighted by atomic mass is 10.1. The molecule has 0 saturated heterocycles. The monoisotopic (exact) mass is 185 g/mol. The second-order valence-corrected chi connectivity index (χ2v) is 3.85. The first kappa shape index (κ1) is 9.30. The lowest BCUT2D eigenvalue weighted by molar-refractivity contribution is 0.508. The zero-order valence-corrected chi connectivity index (χ0v) is 8.46. The summed E-state index contributed by atoms with van der Waals surface area (Å²) in [6.45, 7) is 2.03. The molecule has 2 rings (SSSR count). The molecule has 0 aromatic heterocycles. The van der Waals surface area contributed by atoms with Gasteiger partial charge in [-0.25, -0.2) is 0 Å². The van der Waals surface area contributed by atoms with Crippen molar-refractivity contribution < 1.29 is 0 Å². The van der Waals surface area contributed by atoms with E-state index < -0.39 is 0 Å². The fourth-order valence-corrected chi connectivity index (χ4v) is 2.08. The Kier molecular flexibility index (Phi) is 2.56. The van der Waals surface area contributed by atoms with Crippen molar-refractivity contribution in [3.05, 3.63) is 35.4 Å². The number of benzene rings is 1. The average molecular weight is 185 g/mol. The highest BCUT2D eigenvalue weighted by Crippen LogP contribution is 2.30. The molecule has 0 fully saturated rings. The fraction of sp³-hybridized carbons (Fsp3) is 0.385. The summed E-state index contributed by atoms with van der Waals surface area (Å²) in [5, 5.41) is 3.45. The summed E-state index contributed by atoms with van der Waals surface area (Å²) in [7, 11) is 0. The molecule has 2 unspecified atom stereocenters. The van der Waals surface area contributed by atoms with Gasteiger partial charge in [-0.3, -0.25) is 5.32 Å². The van der Waals surface area contributed by atoms with Crippen LogP contribution in [0.2, 0.25) is 0 Å². The number of hydrogen-bond acceptors (Lipinski definition) is 1. The maximum absolute atomic E-state index is 5.36. The van der Waals surface area contributed by atoms with Crippen LogP contribution in [0.5, 0.6) is 0 Å². The molecule has 2 atom stereocenters. The first-order chi connectivity index (χ1) is 6.81. The summed E-state index contributed by atoms with van der Waals surface area (Å²) < 4.78 is 0. The number of nitrogens with one attached hydrogen (secondary N) is 1. The van der Waals surface area contributed by atoms with E-state index in [9.17, 15) is 0 Å². The minimum Gasteiger partial charge on any atom is -0.297 e. The van der Waals surface area contributed by atoms with Gasteiger partial charge in [0.2, 0.25) is 0 Å². The molecule has 1 nitrogen and oxygen atoms in total. The van der Waals surface area contributed by atoms with Gasteiger partial charge in [0.1, 0.15) is 0 Å². The molecule has 1 N–H and O–H groups in total. The highest BCUT2D eigenvalue weighted by atomic mass is 14.9. The van der Waals surface area contributed by atoms with Crippen molar-refractivity contribution in [1.29, 1.82) is 0 Å². The van der Waals surface area contributed by atoms with Gasteiger partial charge < -0.3 is 0 Å². The van der Waals surface area contributed by atoms with Crippen molar-refractivity contribution in [1.82, 2.24) is 5.32 Å². The Balaban J connectivity index is 2.15. The molecule has 1 aromatic carbocycles. The summed E-state index contributed by atoms with van der Waals surface area (Å²) >= 11 is 0. The number of hydrogen-bond donors (Lipinski definition) is 1. The van der Waals surface area contributed by atoms with Gasteiger partial charge in [-0.1, -0.05) is 30.2 Å². The van der Waals surface area contributed by atoms with E-state index in [1.807, 2.05) is 6.92 Å². The Hall–Kier alpha value is -1.26. The molecule has 72 valence electrons. The van der Waals surface area contributed by atoms with Crippen molar-refractivity contribution in [2.24, 2.45) is 0 Å². The maximum atomic E-state index is 5.36. The third-order valence-corrected chi connectivity index (χ3v) is 2.83. The van der Waals surface area contributed by atoms with E-state index in [0.29, 0.717) is 6.04 Å². The van der Waals surface area contributed by atoms with Crippen LogP contribution >= 0.6 is 0 Å². The van der Waals surface area contributed by atoms with Crippen LogP contribution in [0.25, 0.3) is 0 Å². The Morgan fingerprint density at radius 1 is 1.50 bits per heavy atom. The second kappa shape index (κ2) is 3.86. The zero-order chi connectivity index (χ0) is 9.97. The molecule has 0 radical (unpaired) electrons. The van der Waals surface area contributed by atoms with Crippen LogP contribution in [0.3, 0.4) is 0 Å². The number of terminal acetylenes is 1. The quantitative estimate of drug-likeness (QED) is 0.697. The van der Waals surface area contributed by atoms with Crippen molar-refractivity contribution >= 4 is 0 Å². The van der Waals surface area contributed by atoms with E-state index in [1.54, 1.807) is 0 Å². The molecule has 1 aliphatic carbocycles. The van der Waals surface area contributed by atoms with Crippen LogP contribution in [-0.2, 0) is 6.42 Å². The summed E-state index contributed by atoms with van der Waals surface area (Å²) in [5.74, 6) is 2.71. The Labute approximate surface area is 85.5 Å². The lowest BCUT2D eigenvalue weighted by Crippen LogP contribution is -2.27. The van der Waals surface area contributed by atoms with Crippen LogP contribution in [0.1, 0.15) is 30.5 Å². The van der Waals surface area contributed by atoms with Gasteiger partial charge in [-0.15, -0.1) is 6.42 Å². The number of aryl methyl sites for hydroxylation is 1. The molecule has 1 heteroatoms. The molecular formula is C13H15N. The van der Waals surface area contributed by atoms with Gasteiger partial charge in [0.05, 0.1) is 6.04 Å². The molecular weight excluding hydrogens is 170 g/mol. The van der Waals surface area contributed by atoms with Crippen LogP contribution in [-0.4, -0.2) is 6.04 Å². The largest absolute Gasteiger partial charge is 0.297 e. The molecule has 0 aliphatic heterocycles. The van der Waals surface area contributed by atoms with Gasteiger partial charge >= 0.3 is 0 Å². The summed E-state index contributed by atoms with van der Waals surface area (Å²) in [6.07, 6.45) is 7.70. The molecule has 0 amide bonds. The molecule has 0 bridgehead atoms. The predicted octanol–water partition coefficient (Wildman–Crippen LogP) is 2.29. The minimum absolute atomic E-state index is 0.158. The number of rotatable bonds is 2. The second-order valence-electron chi connectivity index (χ2n) is 3.85. The van der Waals surface area contributed by atoms with E-state index in [-0.39, 0.29) is 6.04 Å². The van der Waals surface area contributed by atoms with Gasteiger partial charge in [0.15, 0.2) is 0 Å². The third kappa shape index (κ3) is 1.66. The van der Waals surface area contributed by atoms with Crippen molar-refractivity contribution in [3.63, 3.8) is 0 Å². The van der Waals surface area contributed by atoms with Gasteiger partial charge in [0, 0.05) is 6.04 Å². The first-order valence-corrected chi connectivity index (χ1v) is 5.11. The Morgan fingerprint density at radius 3 is 3.07 bits per heavy atom. The first-order valence-electron chi connectivity index (χ1n) is 5.11. The van der Waals surface area contributed by atoms with Crippen molar-refractivity contribution in [2.45, 2.75) is 31.8 Å². The van der Waals surface area contributed by atoms with Crippen LogP contribution in [0.4, 0.5) is 0 Å². The molecule has 0 heterocycles. The number of fused-ring (bicyclic) bond motifs is 1. The Bertz CT molecular complexity index is 362. The summed E-state index contributed by atoms with van der Waals surface area (Å²) in [5.41, 5.74) is 2.89. The molecule has 14 heavy (non-hydrogen) atoms. The lowest BCUT2D eigenvalue weighted by Gasteiger charge is -2.16. The smallest absolute Gasteiger partial charge is 0.0663 e. The van der Waals surface area contributed by atoms with Crippen LogP contribution in [0, 0.1) is 12.3 Å². The summed E-state index contributed by atoms with van der Waals surface area (Å²) in [4.78, 5) is 0. The fourth-order valence-electron chi connectivity index (χ4n) is 2.08. The SMILES string of the molecule is C#CC(C)NC1CCc2ccccc21. The van der Waals surface area contributed by atoms with E-state index in [1.165, 1.54) is 24.0 Å². The Morgan fingerprint density at radius 2 is 2.29 bits per heavy atom. The molecule has 1 aliphatic rings. The minimum atomic E-state index is 0.158. The van der Waals surface area contributed by atoms with Crippen LogP contribution in [0.15, 0.2) is 24.3 Å². The van der Waals surface area contributed by atoms with E-state index in [2.05, 4.69) is 35.5 Å². The standard InChI is InChI=1S/C13H15N/c1-3-10(2)14-13-9-8-11-6-4-5-7-12(11)13/h1,4-7,10,13-14H,8-9H2,2H3. The zero-order valence-electron chi connectivity index (χ0n) is 8.46. The van der Waals surface area contributed by atoms with E-state index in [0.717, 1.165) is 0 Å². The molecule has 0 saturated carbocycles. The highest BCUT2D eigenvalue weighted by molar-refractivity contribution is 5.34. The third-order valence-electron chi connectivity index (χ3n) is 2.83. The topological polar surface area (TPSA) is 12.0 Å². The van der Waals surface area contributed by atoms with Crippen LogP contribution < -0.4 is 5.32 Å². The van der Waals surface area contributed by atoms with E-state index >= 15 is 0 Å². The normalized spacial score (nSPS) is 21.3. The molecule has 1 aromatic rings. The van der Waals surface area contributed by atoms with Gasteiger partial charge in [0.25, 0.3) is 0 Å². The van der Waals surface area contributed by atoms with Gasteiger partial charge in [-0.05, 0) is 30.9 Å². The van der Waals surface area contributed by atoms with Gasteiger partial charge in [-0.2, -0.15) is 0 Å². The predicted molar refractivity (Wildman–Crippen MR) is 58.9 cm³/mol. The van der Waals surface area contributed by atoms with Crippen molar-refractivity contribution in [2.75, 3.05) is 0 Å². The maximum Gasteiger partial charge on any atom is 0.0663 e. The average Bonchev–Trinajstić information content (AvgIpc) is 2.62. The summed E-state index contributed by atoms with van der Waals surface area (Å²) in [6, 6.07) is 9.22. The van der Waals surface area contributed by atoms with Crippen molar-refractivity contribution in [3.8, 4) is 12.3 Å². The highest BCUT2D eigenvalue weighted by Gasteiger charge is 2.22.